The van der Waals surface area contributed by atoms with Crippen LogP contribution in [0.1, 0.15) is 16.1 Å². The molecule has 1 heterocycles. The third kappa shape index (κ3) is 4.11. The zero-order chi connectivity index (χ0) is 20.4. The van der Waals surface area contributed by atoms with E-state index in [2.05, 4.69) is 10.5 Å². The van der Waals surface area contributed by atoms with E-state index in [-0.39, 0.29) is 11.3 Å². The van der Waals surface area contributed by atoms with Crippen LogP contribution in [-0.4, -0.2) is 17.2 Å². The number of amides is 1. The second-order valence-electron chi connectivity index (χ2n) is 6.24. The molecule has 4 aromatic rings. The first kappa shape index (κ1) is 19.1. The predicted octanol–water partition coefficient (Wildman–Crippen LogP) is 5.88. The van der Waals surface area contributed by atoms with Crippen LogP contribution in [0, 0.1) is 0 Å². The molecule has 0 unspecified atom stereocenters. The molecule has 0 aliphatic heterocycles. The van der Waals surface area contributed by atoms with Gasteiger partial charge < -0.3 is 9.52 Å². The molecule has 0 aliphatic carbocycles. The van der Waals surface area contributed by atoms with Crippen molar-refractivity contribution in [3.8, 4) is 17.1 Å². The molecule has 1 amide bonds. The van der Waals surface area contributed by atoms with E-state index >= 15 is 0 Å². The van der Waals surface area contributed by atoms with Crippen LogP contribution in [0.4, 0.5) is 0 Å². The number of phenolic OH excluding ortho intramolecular Hbond substituents is 1. The molecule has 0 saturated heterocycles. The van der Waals surface area contributed by atoms with Crippen molar-refractivity contribution >= 4 is 46.1 Å². The summed E-state index contributed by atoms with van der Waals surface area (Å²) in [6, 6.07) is 19.1. The van der Waals surface area contributed by atoms with Gasteiger partial charge in [-0.05, 0) is 53.2 Å². The highest BCUT2D eigenvalue weighted by Crippen LogP contribution is 2.31. The van der Waals surface area contributed by atoms with Gasteiger partial charge in [0, 0.05) is 10.6 Å². The number of hydrogen-bond acceptors (Lipinski definition) is 4. The van der Waals surface area contributed by atoms with Gasteiger partial charge in [0.05, 0.1) is 16.8 Å². The standard InChI is InChI=1S/C22H14Cl2N2O3/c23-15-5-7-19(24)17(11-15)21-8-6-16(29-21)12-25-26-22(28)18-9-13-3-1-2-4-14(13)10-20(18)27/h1-12,27H,(H,26,28). The number of nitrogens with zero attached hydrogens (tertiary/aromatic N) is 1. The maximum atomic E-state index is 12.4. The van der Waals surface area contributed by atoms with Gasteiger partial charge in [0.1, 0.15) is 17.3 Å². The van der Waals surface area contributed by atoms with Gasteiger partial charge in [-0.2, -0.15) is 5.10 Å². The Morgan fingerprint density at radius 1 is 1.00 bits per heavy atom. The Bertz CT molecular complexity index is 1250. The molecule has 1 aromatic heterocycles. The number of benzene rings is 3. The van der Waals surface area contributed by atoms with Gasteiger partial charge in [0.25, 0.3) is 5.91 Å². The third-order valence-corrected chi connectivity index (χ3v) is 4.85. The number of fused-ring (bicyclic) bond motifs is 1. The zero-order valence-electron chi connectivity index (χ0n) is 14.9. The van der Waals surface area contributed by atoms with E-state index in [0.29, 0.717) is 27.1 Å². The van der Waals surface area contributed by atoms with Crippen LogP contribution in [0.3, 0.4) is 0 Å². The molecular formula is C22H14Cl2N2O3. The quantitative estimate of drug-likeness (QED) is 0.317. The molecule has 4 rings (SSSR count). The van der Waals surface area contributed by atoms with E-state index in [9.17, 15) is 9.90 Å². The maximum Gasteiger partial charge on any atom is 0.275 e. The van der Waals surface area contributed by atoms with Gasteiger partial charge in [0.2, 0.25) is 0 Å². The normalized spacial score (nSPS) is 11.2. The van der Waals surface area contributed by atoms with Crippen molar-refractivity contribution in [1.82, 2.24) is 5.43 Å². The summed E-state index contributed by atoms with van der Waals surface area (Å²) in [4.78, 5) is 12.4. The molecule has 0 fully saturated rings. The van der Waals surface area contributed by atoms with Crippen LogP contribution in [0.15, 0.2) is 76.2 Å². The number of aromatic hydroxyl groups is 1. The average molecular weight is 425 g/mol. The molecule has 29 heavy (non-hydrogen) atoms. The monoisotopic (exact) mass is 424 g/mol. The first-order valence-electron chi connectivity index (χ1n) is 8.62. The highest BCUT2D eigenvalue weighted by atomic mass is 35.5. The van der Waals surface area contributed by atoms with Gasteiger partial charge in [-0.25, -0.2) is 5.43 Å². The Morgan fingerprint density at radius 3 is 2.55 bits per heavy atom. The number of carbonyl (C=O) groups is 1. The van der Waals surface area contributed by atoms with Crippen LogP contribution in [-0.2, 0) is 0 Å². The summed E-state index contributed by atoms with van der Waals surface area (Å²) in [5.74, 6) is 0.290. The fourth-order valence-electron chi connectivity index (χ4n) is 2.88. The summed E-state index contributed by atoms with van der Waals surface area (Å²) in [6.07, 6.45) is 1.36. The second-order valence-corrected chi connectivity index (χ2v) is 7.09. The highest BCUT2D eigenvalue weighted by Gasteiger charge is 2.12. The summed E-state index contributed by atoms with van der Waals surface area (Å²) >= 11 is 12.2. The fourth-order valence-corrected chi connectivity index (χ4v) is 3.26. The van der Waals surface area contributed by atoms with Crippen molar-refractivity contribution in [2.75, 3.05) is 0 Å². The molecule has 3 aromatic carbocycles. The van der Waals surface area contributed by atoms with Crippen LogP contribution >= 0.6 is 23.2 Å². The smallest absolute Gasteiger partial charge is 0.275 e. The molecule has 0 radical (unpaired) electrons. The first-order chi connectivity index (χ1) is 14.0. The number of furan rings is 1. The SMILES string of the molecule is O=C(NN=Cc1ccc(-c2cc(Cl)ccc2Cl)o1)c1cc2ccccc2cc1O. The van der Waals surface area contributed by atoms with E-state index in [0.717, 1.165) is 10.8 Å². The van der Waals surface area contributed by atoms with Crippen molar-refractivity contribution in [3.05, 3.63) is 88.1 Å². The van der Waals surface area contributed by atoms with Crippen LogP contribution < -0.4 is 5.43 Å². The van der Waals surface area contributed by atoms with E-state index in [4.69, 9.17) is 27.6 Å². The lowest BCUT2D eigenvalue weighted by atomic mass is 10.1. The number of carbonyl (C=O) groups excluding carboxylic acids is 1. The Kier molecular flexibility index (Phi) is 5.25. The van der Waals surface area contributed by atoms with Crippen molar-refractivity contribution < 1.29 is 14.3 Å². The lowest BCUT2D eigenvalue weighted by Gasteiger charge is -2.05. The molecular weight excluding hydrogens is 411 g/mol. The Labute approximate surface area is 176 Å². The summed E-state index contributed by atoms with van der Waals surface area (Å²) < 4.78 is 5.68. The van der Waals surface area contributed by atoms with Gasteiger partial charge in [0.15, 0.2) is 0 Å². The molecule has 2 N–H and O–H groups in total. The first-order valence-corrected chi connectivity index (χ1v) is 9.37. The van der Waals surface area contributed by atoms with Gasteiger partial charge in [-0.3, -0.25) is 4.79 Å². The number of hydrazone groups is 1. The second kappa shape index (κ2) is 7.99. The van der Waals surface area contributed by atoms with Crippen molar-refractivity contribution in [2.24, 2.45) is 5.10 Å². The largest absolute Gasteiger partial charge is 0.507 e. The Balaban J connectivity index is 1.50. The minimum Gasteiger partial charge on any atom is -0.507 e. The van der Waals surface area contributed by atoms with E-state index in [1.165, 1.54) is 6.21 Å². The summed E-state index contributed by atoms with van der Waals surface area (Å²) in [7, 11) is 0. The van der Waals surface area contributed by atoms with E-state index in [1.54, 1.807) is 42.5 Å². The lowest BCUT2D eigenvalue weighted by Crippen LogP contribution is -2.17. The van der Waals surface area contributed by atoms with Crippen molar-refractivity contribution in [1.29, 1.82) is 0 Å². The molecule has 0 saturated carbocycles. The maximum absolute atomic E-state index is 12.4. The summed E-state index contributed by atoms with van der Waals surface area (Å²) in [5, 5.41) is 16.7. The molecule has 0 atom stereocenters. The average Bonchev–Trinajstić information content (AvgIpc) is 3.18. The molecule has 0 spiro atoms. The molecule has 0 bridgehead atoms. The van der Waals surface area contributed by atoms with Gasteiger partial charge in [-0.1, -0.05) is 47.5 Å². The van der Waals surface area contributed by atoms with Crippen LogP contribution in [0.5, 0.6) is 5.75 Å². The van der Waals surface area contributed by atoms with Gasteiger partial charge in [-0.15, -0.1) is 0 Å². The number of halogens is 2. The highest BCUT2D eigenvalue weighted by molar-refractivity contribution is 6.35. The van der Waals surface area contributed by atoms with Crippen molar-refractivity contribution in [3.63, 3.8) is 0 Å². The Morgan fingerprint density at radius 2 is 1.76 bits per heavy atom. The topological polar surface area (TPSA) is 74.8 Å². The summed E-state index contributed by atoms with van der Waals surface area (Å²) in [6.45, 7) is 0. The molecule has 0 aliphatic rings. The van der Waals surface area contributed by atoms with Crippen LogP contribution in [0.2, 0.25) is 10.0 Å². The zero-order valence-corrected chi connectivity index (χ0v) is 16.4. The van der Waals surface area contributed by atoms with E-state index in [1.807, 2.05) is 24.3 Å². The van der Waals surface area contributed by atoms with E-state index < -0.39 is 5.91 Å². The molecule has 5 nitrogen and oxygen atoms in total. The molecule has 7 heteroatoms. The number of phenols is 1. The third-order valence-electron chi connectivity index (χ3n) is 4.29. The fraction of sp³-hybridized carbons (Fsp3) is 0. The Hall–Kier alpha value is -3.28. The predicted molar refractivity (Wildman–Crippen MR) is 115 cm³/mol. The number of nitrogens with one attached hydrogen (secondary N) is 1. The number of rotatable bonds is 4. The lowest BCUT2D eigenvalue weighted by molar-refractivity contribution is 0.0952. The van der Waals surface area contributed by atoms with Crippen molar-refractivity contribution in [2.45, 2.75) is 0 Å². The van der Waals surface area contributed by atoms with Crippen LogP contribution in [0.25, 0.3) is 22.1 Å². The summed E-state index contributed by atoms with van der Waals surface area (Å²) in [5.41, 5.74) is 3.17. The minimum atomic E-state index is -0.533. The van der Waals surface area contributed by atoms with Gasteiger partial charge >= 0.3 is 0 Å². The molecule has 144 valence electrons. The minimum absolute atomic E-state index is 0.118. The number of hydrogen-bond donors (Lipinski definition) is 2.